The van der Waals surface area contributed by atoms with Crippen molar-refractivity contribution < 1.29 is 14.3 Å². The summed E-state index contributed by atoms with van der Waals surface area (Å²) < 4.78 is 5.18. The Labute approximate surface area is 71.3 Å². The Balaban J connectivity index is 2.34. The summed E-state index contributed by atoms with van der Waals surface area (Å²) in [4.78, 5) is 21.8. The third-order valence-corrected chi connectivity index (χ3v) is 1.71. The highest BCUT2D eigenvalue weighted by molar-refractivity contribution is 6.00. The zero-order valence-electron chi connectivity index (χ0n) is 7.13. The van der Waals surface area contributed by atoms with Crippen LogP contribution in [0.4, 0.5) is 0 Å². The van der Waals surface area contributed by atoms with Gasteiger partial charge in [-0.2, -0.15) is 0 Å². The quantitative estimate of drug-likeness (QED) is 0.583. The lowest BCUT2D eigenvalue weighted by Crippen LogP contribution is -2.43. The molecule has 0 aromatic heterocycles. The van der Waals surface area contributed by atoms with Crippen LogP contribution in [0.3, 0.4) is 0 Å². The van der Waals surface area contributed by atoms with E-state index < -0.39 is 6.10 Å². The van der Waals surface area contributed by atoms with Gasteiger partial charge in [-0.3, -0.25) is 9.59 Å². The van der Waals surface area contributed by atoms with Crippen molar-refractivity contribution in [3.05, 3.63) is 0 Å². The third-order valence-electron chi connectivity index (χ3n) is 1.71. The van der Waals surface area contributed by atoms with E-state index in [4.69, 9.17) is 4.74 Å². The van der Waals surface area contributed by atoms with Crippen molar-refractivity contribution >= 4 is 11.6 Å². The number of hydrogen-bond donors (Lipinski definition) is 1. The number of Topliss-reactive ketones (excluding diaryl/α,β-unsaturated/α-hetero) is 2. The van der Waals surface area contributed by atoms with Crippen LogP contribution < -0.4 is 5.32 Å². The Morgan fingerprint density at radius 3 is 2.83 bits per heavy atom. The van der Waals surface area contributed by atoms with Crippen LogP contribution in [0.5, 0.6) is 0 Å². The second-order valence-corrected chi connectivity index (χ2v) is 2.91. The van der Waals surface area contributed by atoms with Gasteiger partial charge in [-0.05, 0) is 6.92 Å². The maximum absolute atomic E-state index is 11.2. The molecule has 0 saturated carbocycles. The normalized spacial score (nSPS) is 23.6. The first-order valence-electron chi connectivity index (χ1n) is 4.04. The molecule has 1 aliphatic heterocycles. The Hall–Kier alpha value is -0.740. The van der Waals surface area contributed by atoms with Gasteiger partial charge in [0.15, 0.2) is 5.78 Å². The molecule has 0 aliphatic carbocycles. The number of nitrogens with one attached hydrogen (secondary N) is 1. The summed E-state index contributed by atoms with van der Waals surface area (Å²) in [7, 11) is 0. The first kappa shape index (κ1) is 9.35. The fraction of sp³-hybridized carbons (Fsp3) is 0.750. The summed E-state index contributed by atoms with van der Waals surface area (Å²) in [6.45, 7) is 3.28. The van der Waals surface area contributed by atoms with E-state index >= 15 is 0 Å². The highest BCUT2D eigenvalue weighted by atomic mass is 16.5. The fourth-order valence-electron chi connectivity index (χ4n) is 1.13. The predicted octanol–water partition coefficient (Wildman–Crippen LogP) is -0.477. The van der Waals surface area contributed by atoms with E-state index in [9.17, 15) is 9.59 Å². The van der Waals surface area contributed by atoms with Crippen LogP contribution in [0.15, 0.2) is 0 Å². The molecule has 0 aromatic carbocycles. The van der Waals surface area contributed by atoms with Gasteiger partial charge < -0.3 is 10.1 Å². The largest absolute Gasteiger partial charge is 0.368 e. The second-order valence-electron chi connectivity index (χ2n) is 2.91. The highest BCUT2D eigenvalue weighted by Gasteiger charge is 2.22. The van der Waals surface area contributed by atoms with Gasteiger partial charge in [0.2, 0.25) is 0 Å². The molecular weight excluding hydrogens is 158 g/mol. The van der Waals surface area contributed by atoms with Gasteiger partial charge in [0, 0.05) is 13.1 Å². The maximum Gasteiger partial charge on any atom is 0.170 e. The monoisotopic (exact) mass is 171 g/mol. The van der Waals surface area contributed by atoms with Crippen LogP contribution in [0.2, 0.25) is 0 Å². The molecule has 68 valence electrons. The zero-order valence-corrected chi connectivity index (χ0v) is 7.13. The molecule has 1 atom stereocenters. The number of carbonyl (C=O) groups is 2. The molecule has 0 amide bonds. The number of morpholine rings is 1. The standard InChI is InChI=1S/C8H13NO3/c1-6(10)4-7(11)8-5-9-2-3-12-8/h8-9H,2-5H2,1H3. The van der Waals surface area contributed by atoms with E-state index in [-0.39, 0.29) is 18.0 Å². The Kier molecular flexibility index (Phi) is 3.37. The molecule has 1 heterocycles. The van der Waals surface area contributed by atoms with Crippen molar-refractivity contribution in [2.24, 2.45) is 0 Å². The summed E-state index contributed by atoms with van der Waals surface area (Å²) in [6, 6.07) is 0. The van der Waals surface area contributed by atoms with Gasteiger partial charge in [-0.15, -0.1) is 0 Å². The van der Waals surface area contributed by atoms with Crippen molar-refractivity contribution in [3.63, 3.8) is 0 Å². The van der Waals surface area contributed by atoms with Crippen LogP contribution in [0.1, 0.15) is 13.3 Å². The van der Waals surface area contributed by atoms with Crippen molar-refractivity contribution in [2.45, 2.75) is 19.4 Å². The number of ether oxygens (including phenoxy) is 1. The lowest BCUT2D eigenvalue weighted by molar-refractivity contribution is -0.135. The molecule has 0 radical (unpaired) electrons. The van der Waals surface area contributed by atoms with E-state index in [0.717, 1.165) is 6.54 Å². The first-order chi connectivity index (χ1) is 5.70. The van der Waals surface area contributed by atoms with Gasteiger partial charge >= 0.3 is 0 Å². The zero-order chi connectivity index (χ0) is 8.97. The summed E-state index contributed by atoms with van der Waals surface area (Å²) in [5.74, 6) is -0.219. The molecule has 1 aliphatic rings. The molecule has 0 bridgehead atoms. The molecule has 0 aromatic rings. The van der Waals surface area contributed by atoms with E-state index in [1.807, 2.05) is 0 Å². The molecule has 1 N–H and O–H groups in total. The first-order valence-corrected chi connectivity index (χ1v) is 4.04. The minimum atomic E-state index is -0.414. The summed E-state index contributed by atoms with van der Waals surface area (Å²) in [6.07, 6.45) is -0.422. The van der Waals surface area contributed by atoms with Crippen LogP contribution in [0.25, 0.3) is 0 Å². The van der Waals surface area contributed by atoms with Gasteiger partial charge in [-0.1, -0.05) is 0 Å². The van der Waals surface area contributed by atoms with Crippen LogP contribution in [0, 0.1) is 0 Å². The molecule has 1 unspecified atom stereocenters. The lowest BCUT2D eigenvalue weighted by atomic mass is 10.1. The summed E-state index contributed by atoms with van der Waals surface area (Å²) >= 11 is 0. The van der Waals surface area contributed by atoms with Gasteiger partial charge in [0.1, 0.15) is 11.9 Å². The molecule has 4 heteroatoms. The summed E-state index contributed by atoms with van der Waals surface area (Å²) in [5.41, 5.74) is 0. The highest BCUT2D eigenvalue weighted by Crippen LogP contribution is 2.00. The smallest absolute Gasteiger partial charge is 0.170 e. The van der Waals surface area contributed by atoms with Crippen LogP contribution in [-0.4, -0.2) is 37.4 Å². The molecule has 4 nitrogen and oxygen atoms in total. The Bertz CT molecular complexity index is 185. The van der Waals surface area contributed by atoms with Crippen molar-refractivity contribution in [1.82, 2.24) is 5.32 Å². The molecule has 1 fully saturated rings. The average Bonchev–Trinajstić information content (AvgIpc) is 2.05. The van der Waals surface area contributed by atoms with Crippen LogP contribution in [-0.2, 0) is 14.3 Å². The molecule has 12 heavy (non-hydrogen) atoms. The number of hydrogen-bond acceptors (Lipinski definition) is 4. The van der Waals surface area contributed by atoms with Crippen molar-refractivity contribution in [2.75, 3.05) is 19.7 Å². The van der Waals surface area contributed by atoms with E-state index in [1.165, 1.54) is 6.92 Å². The number of carbonyl (C=O) groups excluding carboxylic acids is 2. The number of rotatable bonds is 3. The van der Waals surface area contributed by atoms with E-state index in [2.05, 4.69) is 5.32 Å². The average molecular weight is 171 g/mol. The van der Waals surface area contributed by atoms with Gasteiger partial charge in [0.05, 0.1) is 13.0 Å². The lowest BCUT2D eigenvalue weighted by Gasteiger charge is -2.21. The fourth-order valence-corrected chi connectivity index (χ4v) is 1.13. The number of ketones is 2. The Morgan fingerprint density at radius 2 is 2.33 bits per heavy atom. The molecule has 0 spiro atoms. The van der Waals surface area contributed by atoms with Gasteiger partial charge in [-0.25, -0.2) is 0 Å². The topological polar surface area (TPSA) is 55.4 Å². The van der Waals surface area contributed by atoms with Gasteiger partial charge in [0.25, 0.3) is 0 Å². The van der Waals surface area contributed by atoms with E-state index in [1.54, 1.807) is 0 Å². The van der Waals surface area contributed by atoms with Crippen LogP contribution >= 0.6 is 0 Å². The van der Waals surface area contributed by atoms with Crippen molar-refractivity contribution in [1.29, 1.82) is 0 Å². The SMILES string of the molecule is CC(=O)CC(=O)C1CNCCO1. The summed E-state index contributed by atoms with van der Waals surface area (Å²) in [5, 5.41) is 3.03. The minimum absolute atomic E-state index is 0.00759. The molecule has 1 saturated heterocycles. The molecular formula is C8H13NO3. The maximum atomic E-state index is 11.2. The second kappa shape index (κ2) is 4.33. The third kappa shape index (κ3) is 2.71. The van der Waals surface area contributed by atoms with Crippen molar-refractivity contribution in [3.8, 4) is 0 Å². The minimum Gasteiger partial charge on any atom is -0.368 e. The Morgan fingerprint density at radius 1 is 1.58 bits per heavy atom. The molecule has 1 rings (SSSR count). The van der Waals surface area contributed by atoms with E-state index in [0.29, 0.717) is 13.2 Å². The predicted molar refractivity (Wildman–Crippen MR) is 42.9 cm³/mol.